The smallest absolute Gasteiger partial charge is 0.481 e. The minimum atomic E-state index is -0.833. The standard InChI is InChI=1S/3C6H5.C2H4O2.Rh/c3*1-2-4-6-5-3-1;1-2(3)4;/h3*1-5H;1H3,(H,3,4);/q3*-1;;+3. The molecule has 0 saturated carbocycles. The van der Waals surface area contributed by atoms with E-state index >= 15 is 0 Å². The van der Waals surface area contributed by atoms with Gasteiger partial charge < -0.3 is 5.11 Å². The summed E-state index contributed by atoms with van der Waals surface area (Å²) in [6, 6.07) is 37.5. The third-order valence-electron chi connectivity index (χ3n) is 1.82. The molecule has 0 unspecified atom stereocenters. The average Bonchev–Trinajstić information content (AvgIpc) is 2.60. The number of hydrogen-bond acceptors (Lipinski definition) is 1. The van der Waals surface area contributed by atoms with Crippen LogP contribution in [-0.4, -0.2) is 11.1 Å². The number of benzene rings is 3. The first-order chi connectivity index (χ1) is 10.7. The fraction of sp³-hybridized carbons (Fsp3) is 0.0500. The number of aliphatic carboxylic acids is 1. The molecule has 23 heavy (non-hydrogen) atoms. The minimum Gasteiger partial charge on any atom is -0.481 e. The summed E-state index contributed by atoms with van der Waals surface area (Å²) in [5.74, 6) is -0.833. The van der Waals surface area contributed by atoms with Crippen LogP contribution in [0.25, 0.3) is 0 Å². The van der Waals surface area contributed by atoms with E-state index in [1.54, 1.807) is 0 Å². The Morgan fingerprint density at radius 1 is 0.609 bits per heavy atom. The van der Waals surface area contributed by atoms with E-state index in [1.165, 1.54) is 0 Å². The summed E-state index contributed by atoms with van der Waals surface area (Å²) >= 11 is 0. The summed E-state index contributed by atoms with van der Waals surface area (Å²) in [5.41, 5.74) is 0. The largest absolute Gasteiger partial charge is 3.00 e. The van der Waals surface area contributed by atoms with Gasteiger partial charge in [-0.3, -0.25) is 4.79 Å². The summed E-state index contributed by atoms with van der Waals surface area (Å²) in [4.78, 5) is 9.00. The van der Waals surface area contributed by atoms with E-state index in [9.17, 15) is 0 Å². The van der Waals surface area contributed by atoms with Crippen LogP contribution < -0.4 is 0 Å². The van der Waals surface area contributed by atoms with Gasteiger partial charge in [-0.25, -0.2) is 0 Å². The van der Waals surface area contributed by atoms with Gasteiger partial charge >= 0.3 is 19.5 Å². The van der Waals surface area contributed by atoms with Crippen molar-refractivity contribution in [2.75, 3.05) is 0 Å². The van der Waals surface area contributed by atoms with Crippen molar-refractivity contribution in [3.05, 3.63) is 109 Å². The second-order valence-corrected chi connectivity index (χ2v) is 3.75. The van der Waals surface area contributed by atoms with Crippen molar-refractivity contribution >= 4 is 5.97 Å². The molecule has 0 aliphatic rings. The number of carboxylic acid groups (broad SMARTS) is 1. The molecule has 120 valence electrons. The minimum absolute atomic E-state index is 0. The van der Waals surface area contributed by atoms with Gasteiger partial charge in [-0.15, -0.1) is 0 Å². The number of rotatable bonds is 0. The quantitative estimate of drug-likeness (QED) is 0.449. The molecule has 0 fully saturated rings. The Morgan fingerprint density at radius 2 is 0.783 bits per heavy atom. The molecule has 3 aromatic carbocycles. The Bertz CT molecular complexity index is 383. The van der Waals surface area contributed by atoms with Crippen LogP contribution in [0.1, 0.15) is 6.92 Å². The molecule has 3 heteroatoms. The maximum absolute atomic E-state index is 9.00. The molecule has 0 saturated heterocycles. The summed E-state index contributed by atoms with van der Waals surface area (Å²) in [6.45, 7) is 1.08. The Hall–Kier alpha value is -2.25. The van der Waals surface area contributed by atoms with E-state index in [0.29, 0.717) is 0 Å². The van der Waals surface area contributed by atoms with Crippen molar-refractivity contribution in [1.29, 1.82) is 0 Å². The molecular weight excluding hydrogens is 375 g/mol. The van der Waals surface area contributed by atoms with E-state index < -0.39 is 5.97 Å². The molecule has 0 aliphatic heterocycles. The zero-order valence-corrected chi connectivity index (χ0v) is 14.5. The van der Waals surface area contributed by atoms with Crippen molar-refractivity contribution in [3.63, 3.8) is 0 Å². The zero-order chi connectivity index (χ0) is 16.3. The Morgan fingerprint density at radius 3 is 0.826 bits per heavy atom. The van der Waals surface area contributed by atoms with E-state index in [4.69, 9.17) is 9.90 Å². The van der Waals surface area contributed by atoms with E-state index in [2.05, 4.69) is 18.2 Å². The average molecular weight is 394 g/mol. The van der Waals surface area contributed by atoms with Gasteiger partial charge in [-0.2, -0.15) is 109 Å². The van der Waals surface area contributed by atoms with Crippen molar-refractivity contribution in [1.82, 2.24) is 0 Å². The van der Waals surface area contributed by atoms with Crippen LogP contribution in [0.3, 0.4) is 0 Å². The molecule has 0 aromatic heterocycles. The maximum atomic E-state index is 9.00. The van der Waals surface area contributed by atoms with E-state index in [0.717, 1.165) is 6.92 Å². The SMILES string of the molecule is CC(=O)O.[Rh+3].[c-]1ccccc1.[c-]1ccccc1.[c-]1ccccc1. The van der Waals surface area contributed by atoms with Crippen LogP contribution >= 0.6 is 0 Å². The van der Waals surface area contributed by atoms with E-state index in [1.807, 2.05) is 91.0 Å². The second kappa shape index (κ2) is 19.8. The van der Waals surface area contributed by atoms with Gasteiger partial charge in [-0.05, 0) is 0 Å². The predicted molar refractivity (Wildman–Crippen MR) is 89.1 cm³/mol. The number of carboxylic acids is 1. The molecule has 0 spiro atoms. The summed E-state index contributed by atoms with van der Waals surface area (Å²) in [5, 5.41) is 7.42. The van der Waals surface area contributed by atoms with Crippen LogP contribution in [0.2, 0.25) is 0 Å². The Balaban J connectivity index is 0. The van der Waals surface area contributed by atoms with Crippen molar-refractivity contribution in [2.24, 2.45) is 0 Å². The molecule has 2 nitrogen and oxygen atoms in total. The first-order valence-electron chi connectivity index (χ1n) is 6.66. The predicted octanol–water partition coefficient (Wildman–Crippen LogP) is 4.55. The van der Waals surface area contributed by atoms with Gasteiger partial charge in [0.2, 0.25) is 0 Å². The molecule has 0 aliphatic carbocycles. The fourth-order valence-electron chi connectivity index (χ4n) is 1.03. The molecule has 0 bridgehead atoms. The van der Waals surface area contributed by atoms with Gasteiger partial charge in [0.05, 0.1) is 0 Å². The fourth-order valence-corrected chi connectivity index (χ4v) is 1.03. The molecule has 3 rings (SSSR count). The second-order valence-electron chi connectivity index (χ2n) is 3.75. The molecule has 3 aromatic rings. The van der Waals surface area contributed by atoms with Crippen LogP contribution in [0.4, 0.5) is 0 Å². The molecule has 0 atom stereocenters. The van der Waals surface area contributed by atoms with Crippen LogP contribution in [0, 0.1) is 18.2 Å². The van der Waals surface area contributed by atoms with E-state index in [-0.39, 0.29) is 19.5 Å². The third-order valence-corrected chi connectivity index (χ3v) is 1.82. The van der Waals surface area contributed by atoms with Gasteiger partial charge in [-0.1, -0.05) is 0 Å². The summed E-state index contributed by atoms with van der Waals surface area (Å²) in [7, 11) is 0. The van der Waals surface area contributed by atoms with Gasteiger partial charge in [0.15, 0.2) is 0 Å². The Labute approximate surface area is 151 Å². The topological polar surface area (TPSA) is 37.3 Å². The summed E-state index contributed by atoms with van der Waals surface area (Å²) in [6.07, 6.45) is 0. The molecule has 0 radical (unpaired) electrons. The van der Waals surface area contributed by atoms with Gasteiger partial charge in [0.1, 0.15) is 0 Å². The summed E-state index contributed by atoms with van der Waals surface area (Å²) < 4.78 is 0. The van der Waals surface area contributed by atoms with Gasteiger partial charge in [0, 0.05) is 6.92 Å². The third kappa shape index (κ3) is 25.1. The molecule has 0 heterocycles. The molecule has 1 N–H and O–H groups in total. The van der Waals surface area contributed by atoms with Gasteiger partial charge in [0.25, 0.3) is 5.97 Å². The van der Waals surface area contributed by atoms with Crippen LogP contribution in [-0.2, 0) is 24.3 Å². The van der Waals surface area contributed by atoms with Crippen molar-refractivity contribution < 1.29 is 29.4 Å². The zero-order valence-electron chi connectivity index (χ0n) is 12.8. The van der Waals surface area contributed by atoms with Crippen LogP contribution in [0.5, 0.6) is 0 Å². The number of hydrogen-bond donors (Lipinski definition) is 1. The molecular formula is C20H19O2Rh. The monoisotopic (exact) mass is 394 g/mol. The van der Waals surface area contributed by atoms with Crippen molar-refractivity contribution in [3.8, 4) is 0 Å². The van der Waals surface area contributed by atoms with Crippen LogP contribution in [0.15, 0.2) is 91.0 Å². The normalized spacial score (nSPS) is 7.35. The Kier molecular flexibility index (Phi) is 19.8. The van der Waals surface area contributed by atoms with Crippen molar-refractivity contribution in [2.45, 2.75) is 6.92 Å². The first kappa shape index (κ1) is 23.0. The molecule has 0 amide bonds. The first-order valence-corrected chi connectivity index (χ1v) is 6.66. The maximum Gasteiger partial charge on any atom is 3.00 e. The number of carbonyl (C=O) groups is 1.